The quantitative estimate of drug-likeness (QED) is 0.0258. The number of hydrogen-bond donors (Lipinski definition) is 6. The molecule has 11 nitrogen and oxygen atoms in total. The fraction of sp³-hybridized carbons (Fsp3) is 0.609. The maximum Gasteiger partial charge on any atom is 0.306 e. The molecule has 0 amide bonds. The minimum atomic E-state index is -0.657. The van der Waals surface area contributed by atoms with E-state index in [9.17, 15) is 19.2 Å². The van der Waals surface area contributed by atoms with Crippen molar-refractivity contribution in [2.75, 3.05) is 0 Å². The van der Waals surface area contributed by atoms with Gasteiger partial charge in [0.1, 0.15) is 11.4 Å². The van der Waals surface area contributed by atoms with E-state index in [0.29, 0.717) is 91.1 Å². The van der Waals surface area contributed by atoms with Crippen LogP contribution in [0.3, 0.4) is 0 Å². The Morgan fingerprint density at radius 3 is 0.883 bits per heavy atom. The van der Waals surface area contributed by atoms with Gasteiger partial charge in [-0.25, -0.2) is 0 Å². The van der Waals surface area contributed by atoms with E-state index >= 15 is 0 Å². The Hall–Kier alpha value is -6.24. The van der Waals surface area contributed by atoms with Gasteiger partial charge in [-0.3, -0.25) is 19.2 Å². The molecule has 12 rings (SSSR count). The van der Waals surface area contributed by atoms with E-state index in [4.69, 9.17) is 14.9 Å². The summed E-state index contributed by atoms with van der Waals surface area (Å²) < 4.78 is 5.42. The molecule has 103 heavy (non-hydrogen) atoms. The van der Waals surface area contributed by atoms with Gasteiger partial charge in [-0.15, -0.1) is 0 Å². The molecule has 8 aliphatic rings. The molecule has 8 saturated carbocycles. The Kier molecular flexibility index (Phi) is 33.1. The molecule has 562 valence electrons. The topological polar surface area (TPSA) is 166 Å². The van der Waals surface area contributed by atoms with E-state index in [-0.39, 0.29) is 11.6 Å². The van der Waals surface area contributed by atoms with Crippen molar-refractivity contribution in [3.8, 4) is 0 Å². The molecular formula is C92H132N4O7. The SMILES string of the molecule is CC/C(=C\c1ccccc1)C1C[C@H]1NC1CCC(=O)CC1.CC/C(=C\c1ccccc1)C1C[C@H]1NC1CCC(CCCC(=O)O)CC1.CC/C(=C\c1ccccc1)C1C[C@H]1NC1CCC(CCCC(=O)O)CC1.CC/C(=C\c1ccccc1)C1C[C@H]1NC1CCC(CCCC(=O)OC(C)(C)C)CC1. The number of carbonyl (C=O) groups excluding carboxylic acids is 2. The largest absolute Gasteiger partial charge is 0.481 e. The van der Waals surface area contributed by atoms with Crippen molar-refractivity contribution in [1.29, 1.82) is 0 Å². The van der Waals surface area contributed by atoms with E-state index in [1.807, 2.05) is 20.8 Å². The smallest absolute Gasteiger partial charge is 0.306 e. The van der Waals surface area contributed by atoms with Gasteiger partial charge in [0.15, 0.2) is 0 Å². The van der Waals surface area contributed by atoms with Crippen LogP contribution in [0.1, 0.15) is 283 Å². The molecular weight excluding hydrogens is 1270 g/mol. The van der Waals surface area contributed by atoms with E-state index in [1.54, 1.807) is 22.3 Å². The summed E-state index contributed by atoms with van der Waals surface area (Å²) >= 11 is 0. The van der Waals surface area contributed by atoms with Crippen molar-refractivity contribution in [1.82, 2.24) is 21.3 Å². The number of hydrogen-bond acceptors (Lipinski definition) is 9. The summed E-state index contributed by atoms with van der Waals surface area (Å²) in [6.45, 7) is 14.9. The molecule has 0 spiro atoms. The molecule has 0 aliphatic heterocycles. The summed E-state index contributed by atoms with van der Waals surface area (Å²) in [4.78, 5) is 44.4. The average Bonchev–Trinajstić information content (AvgIpc) is 1.68. The third-order valence-corrected chi connectivity index (χ3v) is 23.6. The number of ketones is 1. The summed E-state index contributed by atoms with van der Waals surface area (Å²) in [7, 11) is 0. The van der Waals surface area contributed by atoms with E-state index < -0.39 is 11.9 Å². The van der Waals surface area contributed by atoms with Crippen LogP contribution in [0, 0.1) is 41.4 Å². The van der Waals surface area contributed by atoms with Gasteiger partial charge in [0.05, 0.1) is 0 Å². The van der Waals surface area contributed by atoms with E-state index in [0.717, 1.165) is 114 Å². The van der Waals surface area contributed by atoms with Crippen LogP contribution in [0.4, 0.5) is 0 Å². The molecule has 6 N–H and O–H groups in total. The fourth-order valence-electron chi connectivity index (χ4n) is 17.3. The second-order valence-corrected chi connectivity index (χ2v) is 32.9. The van der Waals surface area contributed by atoms with Gasteiger partial charge < -0.3 is 36.2 Å². The van der Waals surface area contributed by atoms with Crippen LogP contribution in [0.5, 0.6) is 0 Å². The van der Waals surface area contributed by atoms with Gasteiger partial charge in [-0.1, -0.05) is 196 Å². The van der Waals surface area contributed by atoms with Crippen LogP contribution in [-0.4, -0.2) is 87.8 Å². The highest BCUT2D eigenvalue weighted by Crippen LogP contribution is 2.45. The van der Waals surface area contributed by atoms with Gasteiger partial charge >= 0.3 is 17.9 Å². The Morgan fingerprint density at radius 2 is 0.641 bits per heavy atom. The molecule has 4 aromatic rings. The van der Waals surface area contributed by atoms with Crippen LogP contribution >= 0.6 is 0 Å². The molecule has 8 atom stereocenters. The Morgan fingerprint density at radius 1 is 0.388 bits per heavy atom. The lowest BCUT2D eigenvalue weighted by Gasteiger charge is -2.29. The lowest BCUT2D eigenvalue weighted by molar-refractivity contribution is -0.155. The first-order valence-electron chi connectivity index (χ1n) is 41.1. The van der Waals surface area contributed by atoms with Crippen molar-refractivity contribution in [3.05, 3.63) is 166 Å². The normalized spacial score (nSPS) is 27.9. The number of carboxylic acid groups (broad SMARTS) is 2. The summed E-state index contributed by atoms with van der Waals surface area (Å²) in [6, 6.07) is 47.9. The zero-order chi connectivity index (χ0) is 72.9. The van der Waals surface area contributed by atoms with Gasteiger partial charge in [0.25, 0.3) is 0 Å². The van der Waals surface area contributed by atoms with Crippen molar-refractivity contribution in [2.45, 2.75) is 314 Å². The molecule has 4 unspecified atom stereocenters. The predicted molar refractivity (Wildman–Crippen MR) is 426 cm³/mol. The molecule has 0 saturated heterocycles. The molecule has 0 heterocycles. The highest BCUT2D eigenvalue weighted by Gasteiger charge is 2.44. The zero-order valence-corrected chi connectivity index (χ0v) is 64.3. The number of nitrogens with one attached hydrogen (secondary N) is 4. The fourth-order valence-corrected chi connectivity index (χ4v) is 17.3. The second-order valence-electron chi connectivity index (χ2n) is 32.9. The molecule has 0 aromatic heterocycles. The van der Waals surface area contributed by atoms with E-state index in [1.165, 1.54) is 125 Å². The predicted octanol–water partition coefficient (Wildman–Crippen LogP) is 21.0. The van der Waals surface area contributed by atoms with E-state index in [2.05, 4.69) is 195 Å². The molecule has 0 radical (unpaired) electrons. The maximum atomic E-state index is 11.9. The molecule has 8 aliphatic carbocycles. The third-order valence-electron chi connectivity index (χ3n) is 23.6. The maximum absolute atomic E-state index is 11.9. The summed E-state index contributed by atoms with van der Waals surface area (Å²) in [5, 5.41) is 33.0. The monoisotopic (exact) mass is 1410 g/mol. The highest BCUT2D eigenvalue weighted by atomic mass is 16.6. The Labute approximate surface area is 621 Å². The van der Waals surface area contributed by atoms with Crippen LogP contribution in [0.15, 0.2) is 144 Å². The van der Waals surface area contributed by atoms with Crippen LogP contribution in [0.25, 0.3) is 24.3 Å². The number of Topliss-reactive ketones (excluding diaryl/α,β-unsaturated/α-hetero) is 1. The second kappa shape index (κ2) is 42.2. The number of carboxylic acids is 2. The number of carbonyl (C=O) groups is 4. The number of ether oxygens (including phenoxy) is 1. The first kappa shape index (κ1) is 80.8. The highest BCUT2D eigenvalue weighted by molar-refractivity contribution is 5.79. The van der Waals surface area contributed by atoms with Gasteiger partial charge in [-0.2, -0.15) is 0 Å². The summed E-state index contributed by atoms with van der Waals surface area (Å²) in [5.41, 5.74) is 11.2. The average molecular weight is 1410 g/mol. The first-order valence-corrected chi connectivity index (χ1v) is 41.1. The summed E-state index contributed by atoms with van der Waals surface area (Å²) in [5.74, 6) is 4.21. The Balaban J connectivity index is 0.000000161. The summed E-state index contributed by atoms with van der Waals surface area (Å²) in [6.07, 6.45) is 45.2. The lowest BCUT2D eigenvalue weighted by atomic mass is 9.83. The molecule has 4 aromatic carbocycles. The molecule has 8 fully saturated rings. The van der Waals surface area contributed by atoms with Crippen molar-refractivity contribution in [3.63, 3.8) is 0 Å². The number of esters is 1. The molecule has 11 heteroatoms. The lowest BCUT2D eigenvalue weighted by Crippen LogP contribution is -2.35. The number of benzene rings is 4. The minimum Gasteiger partial charge on any atom is -0.481 e. The number of rotatable bonds is 32. The van der Waals surface area contributed by atoms with Gasteiger partial charge in [0, 0.05) is 80.4 Å². The molecule has 0 bridgehead atoms. The van der Waals surface area contributed by atoms with Crippen LogP contribution in [-0.2, 0) is 23.9 Å². The number of aliphatic carboxylic acids is 2. The minimum absolute atomic E-state index is 0.0482. The first-order chi connectivity index (χ1) is 49.9. The van der Waals surface area contributed by atoms with Crippen molar-refractivity contribution >= 4 is 48.0 Å². The Bertz CT molecular complexity index is 3180. The van der Waals surface area contributed by atoms with Gasteiger partial charge in [0.2, 0.25) is 0 Å². The zero-order valence-electron chi connectivity index (χ0n) is 64.3. The standard InChI is InChI=1S/C27H41NO2.2C23H33NO2.C19H25NO/c1-5-22(18-21-10-7-6-8-11-21)24-19-25(24)28-23-16-14-20(15-17-23)12-9-13-26(29)30-27(2,3)4;2*1-2-19(15-18-7-4-3-5-8-18)21-16-22(21)24-20-13-11-17(12-14-20)9-6-10-23(25)26;1-2-15(12-14-6-4-3-5-7-14)18-13-19(18)20-16-8-10-17(21)11-9-16/h6-8,10-11,18,20,23-25,28H,5,9,12-17,19H2,1-4H3;2*3-5,7-8,15,17,20-22,24H,2,6,9-14,16H2,1H3,(H,25,26);3-7,12,16,18-20H,2,8-11,13H2,1H3/b22-18+;2*19-15+;15-12+/t20?,23?,24?,25-;2*17?,20?,21?,22-;18?,19-/m1111/s1. The third kappa shape index (κ3) is 29.6. The van der Waals surface area contributed by atoms with Crippen molar-refractivity contribution in [2.24, 2.45) is 41.4 Å². The van der Waals surface area contributed by atoms with Gasteiger partial charge in [-0.05, 0) is 264 Å². The van der Waals surface area contributed by atoms with Crippen LogP contribution in [0.2, 0.25) is 0 Å². The van der Waals surface area contributed by atoms with Crippen LogP contribution < -0.4 is 21.3 Å². The van der Waals surface area contributed by atoms with Crippen molar-refractivity contribution < 1.29 is 34.1 Å².